The molecule has 0 aliphatic rings. The summed E-state index contributed by atoms with van der Waals surface area (Å²) in [4.78, 5) is 13.6. The molecule has 4 rings (SSSR count). The molecular formula is C18H15N3O2S. The van der Waals surface area contributed by atoms with Crippen molar-refractivity contribution in [1.82, 2.24) is 15.1 Å². The Kier molecular flexibility index (Phi) is 3.66. The van der Waals surface area contributed by atoms with Crippen molar-refractivity contribution in [2.45, 2.75) is 6.54 Å². The summed E-state index contributed by atoms with van der Waals surface area (Å²) >= 11 is 1.62. The molecule has 1 amide bonds. The average Bonchev–Trinajstić information content (AvgIpc) is 3.32. The highest BCUT2D eigenvalue weighted by molar-refractivity contribution is 7.09. The standard InChI is InChI=1S/C18H15N3O2S/c1-21-10-12(8-20-21)16-11-23-17-14(16)5-2-6-15(17)18(22)19-9-13-4-3-7-24-13/h2-8,10-11H,9H2,1H3,(H,19,22). The normalized spacial score (nSPS) is 11.0. The van der Waals surface area contributed by atoms with E-state index in [-0.39, 0.29) is 5.91 Å². The number of rotatable bonds is 4. The van der Waals surface area contributed by atoms with E-state index in [4.69, 9.17) is 4.42 Å². The van der Waals surface area contributed by atoms with Crippen LogP contribution >= 0.6 is 11.3 Å². The number of hydrogen-bond acceptors (Lipinski definition) is 4. The van der Waals surface area contributed by atoms with Gasteiger partial charge in [-0.05, 0) is 17.5 Å². The number of nitrogens with one attached hydrogen (secondary N) is 1. The van der Waals surface area contributed by atoms with Gasteiger partial charge in [0.2, 0.25) is 0 Å². The molecule has 0 atom stereocenters. The smallest absolute Gasteiger partial charge is 0.255 e. The van der Waals surface area contributed by atoms with Crippen LogP contribution < -0.4 is 5.32 Å². The molecule has 4 aromatic rings. The maximum atomic E-state index is 12.5. The van der Waals surface area contributed by atoms with Crippen molar-refractivity contribution < 1.29 is 9.21 Å². The number of carbonyl (C=O) groups excluding carboxylic acids is 1. The van der Waals surface area contributed by atoms with E-state index in [9.17, 15) is 4.79 Å². The van der Waals surface area contributed by atoms with Crippen LogP contribution in [0.5, 0.6) is 0 Å². The highest BCUT2D eigenvalue weighted by Crippen LogP contribution is 2.32. The number of aromatic nitrogens is 2. The van der Waals surface area contributed by atoms with Crippen molar-refractivity contribution in [2.24, 2.45) is 7.05 Å². The van der Waals surface area contributed by atoms with E-state index in [2.05, 4.69) is 10.4 Å². The van der Waals surface area contributed by atoms with Crippen molar-refractivity contribution in [2.75, 3.05) is 0 Å². The number of aryl methyl sites for hydroxylation is 1. The zero-order chi connectivity index (χ0) is 16.5. The molecule has 120 valence electrons. The van der Waals surface area contributed by atoms with Gasteiger partial charge in [0.15, 0.2) is 0 Å². The van der Waals surface area contributed by atoms with E-state index in [1.54, 1.807) is 34.5 Å². The fourth-order valence-corrected chi connectivity index (χ4v) is 3.34. The molecule has 0 saturated carbocycles. The van der Waals surface area contributed by atoms with E-state index in [0.717, 1.165) is 21.4 Å². The number of fused-ring (bicyclic) bond motifs is 1. The Balaban J connectivity index is 1.66. The fourth-order valence-electron chi connectivity index (χ4n) is 2.70. The summed E-state index contributed by atoms with van der Waals surface area (Å²) in [6, 6.07) is 9.58. The van der Waals surface area contributed by atoms with Gasteiger partial charge in [-0.1, -0.05) is 18.2 Å². The molecule has 24 heavy (non-hydrogen) atoms. The third kappa shape index (κ3) is 2.61. The zero-order valence-corrected chi connectivity index (χ0v) is 13.8. The highest BCUT2D eigenvalue weighted by Gasteiger charge is 2.16. The van der Waals surface area contributed by atoms with Crippen molar-refractivity contribution in [3.05, 3.63) is 64.8 Å². The van der Waals surface area contributed by atoms with Gasteiger partial charge < -0.3 is 9.73 Å². The summed E-state index contributed by atoms with van der Waals surface area (Å²) in [6.45, 7) is 0.517. The molecule has 1 N–H and O–H groups in total. The molecule has 0 unspecified atom stereocenters. The predicted molar refractivity (Wildman–Crippen MR) is 93.9 cm³/mol. The summed E-state index contributed by atoms with van der Waals surface area (Å²) < 4.78 is 7.45. The fraction of sp³-hybridized carbons (Fsp3) is 0.111. The third-order valence-electron chi connectivity index (χ3n) is 3.86. The topological polar surface area (TPSA) is 60.1 Å². The van der Waals surface area contributed by atoms with Gasteiger partial charge in [0.1, 0.15) is 5.58 Å². The Bertz CT molecular complexity index is 999. The van der Waals surface area contributed by atoms with Gasteiger partial charge in [-0.25, -0.2) is 0 Å². The first-order chi connectivity index (χ1) is 11.7. The van der Waals surface area contributed by atoms with Crippen LogP contribution in [-0.2, 0) is 13.6 Å². The van der Waals surface area contributed by atoms with Crippen LogP contribution in [0.3, 0.4) is 0 Å². The van der Waals surface area contributed by atoms with Crippen molar-refractivity contribution in [3.63, 3.8) is 0 Å². The van der Waals surface area contributed by atoms with Crippen molar-refractivity contribution in [1.29, 1.82) is 0 Å². The summed E-state index contributed by atoms with van der Waals surface area (Å²) in [5, 5.41) is 10.0. The van der Waals surface area contributed by atoms with Gasteiger partial charge in [-0.3, -0.25) is 9.48 Å². The van der Waals surface area contributed by atoms with Crippen LogP contribution in [0.25, 0.3) is 22.1 Å². The van der Waals surface area contributed by atoms with Gasteiger partial charge in [0.05, 0.1) is 24.6 Å². The molecular weight excluding hydrogens is 322 g/mol. The predicted octanol–water partition coefficient (Wildman–Crippen LogP) is 3.82. The monoisotopic (exact) mass is 337 g/mol. The molecule has 0 aliphatic carbocycles. The molecule has 3 aromatic heterocycles. The Hall–Kier alpha value is -2.86. The minimum atomic E-state index is -0.138. The number of thiophene rings is 1. The lowest BCUT2D eigenvalue weighted by Gasteiger charge is -2.04. The molecule has 0 aliphatic heterocycles. The number of para-hydroxylation sites is 1. The first-order valence-electron chi connectivity index (χ1n) is 7.52. The minimum absolute atomic E-state index is 0.138. The Morgan fingerprint density at radius 1 is 1.33 bits per heavy atom. The van der Waals surface area contributed by atoms with Gasteiger partial charge >= 0.3 is 0 Å². The van der Waals surface area contributed by atoms with Crippen LogP contribution in [-0.4, -0.2) is 15.7 Å². The van der Waals surface area contributed by atoms with Crippen molar-refractivity contribution in [3.8, 4) is 11.1 Å². The first kappa shape index (κ1) is 14.7. The van der Waals surface area contributed by atoms with E-state index < -0.39 is 0 Å². The molecule has 0 spiro atoms. The van der Waals surface area contributed by atoms with Gasteiger partial charge in [-0.15, -0.1) is 11.3 Å². The van der Waals surface area contributed by atoms with Crippen LogP contribution in [0.2, 0.25) is 0 Å². The number of benzene rings is 1. The second-order valence-corrected chi connectivity index (χ2v) is 6.53. The van der Waals surface area contributed by atoms with Crippen LogP contribution in [0, 0.1) is 0 Å². The molecule has 0 bridgehead atoms. The highest BCUT2D eigenvalue weighted by atomic mass is 32.1. The third-order valence-corrected chi connectivity index (χ3v) is 4.74. The van der Waals surface area contributed by atoms with E-state index >= 15 is 0 Å². The molecule has 0 radical (unpaired) electrons. The van der Waals surface area contributed by atoms with Crippen molar-refractivity contribution >= 4 is 28.2 Å². The summed E-state index contributed by atoms with van der Waals surface area (Å²) in [6.07, 6.45) is 5.39. The lowest BCUT2D eigenvalue weighted by molar-refractivity contribution is 0.0952. The largest absolute Gasteiger partial charge is 0.463 e. The number of furan rings is 1. The van der Waals surface area contributed by atoms with Gasteiger partial charge in [-0.2, -0.15) is 5.10 Å². The number of amides is 1. The second-order valence-electron chi connectivity index (χ2n) is 5.50. The van der Waals surface area contributed by atoms with E-state index in [0.29, 0.717) is 17.7 Å². The zero-order valence-electron chi connectivity index (χ0n) is 13.0. The molecule has 0 saturated heterocycles. The maximum absolute atomic E-state index is 12.5. The molecule has 3 heterocycles. The first-order valence-corrected chi connectivity index (χ1v) is 8.40. The number of hydrogen-bond donors (Lipinski definition) is 1. The minimum Gasteiger partial charge on any atom is -0.463 e. The SMILES string of the molecule is Cn1cc(-c2coc3c(C(=O)NCc4cccs4)cccc23)cn1. The lowest BCUT2D eigenvalue weighted by atomic mass is 10.1. The summed E-state index contributed by atoms with van der Waals surface area (Å²) in [7, 11) is 1.87. The van der Waals surface area contributed by atoms with Crippen LogP contribution in [0.4, 0.5) is 0 Å². The Morgan fingerprint density at radius 3 is 3.00 bits per heavy atom. The summed E-state index contributed by atoms with van der Waals surface area (Å²) in [5.41, 5.74) is 3.04. The second kappa shape index (κ2) is 5.98. The van der Waals surface area contributed by atoms with Crippen LogP contribution in [0.15, 0.2) is 58.8 Å². The van der Waals surface area contributed by atoms with Crippen LogP contribution in [0.1, 0.15) is 15.2 Å². The summed E-state index contributed by atoms with van der Waals surface area (Å²) in [5.74, 6) is -0.138. The number of carbonyl (C=O) groups is 1. The van der Waals surface area contributed by atoms with E-state index in [1.165, 1.54) is 0 Å². The molecule has 5 nitrogen and oxygen atoms in total. The Labute approximate surface area is 142 Å². The Morgan fingerprint density at radius 2 is 2.25 bits per heavy atom. The molecule has 6 heteroatoms. The van der Waals surface area contributed by atoms with Gasteiger partial charge in [0, 0.05) is 34.6 Å². The van der Waals surface area contributed by atoms with E-state index in [1.807, 2.05) is 42.9 Å². The molecule has 0 fully saturated rings. The number of nitrogens with zero attached hydrogens (tertiary/aromatic N) is 2. The quantitative estimate of drug-likeness (QED) is 0.616. The van der Waals surface area contributed by atoms with Gasteiger partial charge in [0.25, 0.3) is 5.91 Å². The lowest BCUT2D eigenvalue weighted by Crippen LogP contribution is -2.22. The molecule has 1 aromatic carbocycles. The average molecular weight is 337 g/mol. The maximum Gasteiger partial charge on any atom is 0.255 e.